The zero-order chi connectivity index (χ0) is 20.3. The number of quaternary nitrogens is 1. The number of phenols is 1. The summed E-state index contributed by atoms with van der Waals surface area (Å²) in [7, 11) is -1.53. The van der Waals surface area contributed by atoms with Gasteiger partial charge in [0.1, 0.15) is 22.3 Å². The number of pyridine rings is 1. The van der Waals surface area contributed by atoms with Crippen molar-refractivity contribution in [2.24, 2.45) is 5.10 Å². The Morgan fingerprint density at radius 2 is 2.00 bits per heavy atom. The standard InChI is InChI=1S/C18H22FN5O3S/c1-13(16-11-14(19)3-5-17(16)25)21-22-18-6-4-15(12-20-18)28(26,27)24-9-7-23(2)8-10-24/h3-6,11-12,25H,7-10H2,1-2H3,(H,20,22)/p+1/b21-13+. The molecule has 0 spiro atoms. The second-order valence-corrected chi connectivity index (χ2v) is 8.65. The molecule has 10 heteroatoms. The lowest BCUT2D eigenvalue weighted by Gasteiger charge is -2.29. The monoisotopic (exact) mass is 408 g/mol. The van der Waals surface area contributed by atoms with Crippen LogP contribution in [0.15, 0.2) is 46.5 Å². The summed E-state index contributed by atoms with van der Waals surface area (Å²) in [6, 6.07) is 6.57. The minimum atomic E-state index is -3.57. The first-order chi connectivity index (χ1) is 13.3. The number of nitrogens with zero attached hydrogens (tertiary/aromatic N) is 3. The number of likely N-dealkylation sites (N-methyl/N-ethyl adjacent to an activating group) is 1. The van der Waals surface area contributed by atoms with E-state index in [-0.39, 0.29) is 16.2 Å². The predicted molar refractivity (Wildman–Crippen MR) is 104 cm³/mol. The van der Waals surface area contributed by atoms with Gasteiger partial charge in [-0.25, -0.2) is 17.8 Å². The molecule has 28 heavy (non-hydrogen) atoms. The van der Waals surface area contributed by atoms with Crippen LogP contribution < -0.4 is 10.3 Å². The maximum absolute atomic E-state index is 13.3. The molecule has 0 atom stereocenters. The normalized spacial score (nSPS) is 16.9. The third kappa shape index (κ3) is 4.46. The molecule has 3 rings (SSSR count). The topological polar surface area (TPSA) is 99.3 Å². The van der Waals surface area contributed by atoms with Crippen molar-refractivity contribution in [3.8, 4) is 5.75 Å². The number of rotatable bonds is 5. The van der Waals surface area contributed by atoms with Crippen molar-refractivity contribution >= 4 is 21.6 Å². The number of piperazine rings is 1. The van der Waals surface area contributed by atoms with E-state index in [0.29, 0.717) is 24.6 Å². The van der Waals surface area contributed by atoms with E-state index in [1.165, 1.54) is 39.7 Å². The fraction of sp³-hybridized carbons (Fsp3) is 0.333. The predicted octanol–water partition coefficient (Wildman–Crippen LogP) is 0.281. The molecule has 1 aliphatic rings. The van der Waals surface area contributed by atoms with Gasteiger partial charge in [0.2, 0.25) is 10.0 Å². The van der Waals surface area contributed by atoms with Gasteiger partial charge in [-0.05, 0) is 37.3 Å². The molecule has 1 aliphatic heterocycles. The zero-order valence-electron chi connectivity index (χ0n) is 15.7. The number of halogens is 1. The third-order valence-electron chi connectivity index (χ3n) is 4.64. The van der Waals surface area contributed by atoms with E-state index in [0.717, 1.165) is 19.2 Å². The van der Waals surface area contributed by atoms with Gasteiger partial charge in [-0.2, -0.15) is 9.41 Å². The van der Waals surface area contributed by atoms with Crippen LogP contribution in [0.5, 0.6) is 5.75 Å². The van der Waals surface area contributed by atoms with Crippen LogP contribution in [0.4, 0.5) is 10.2 Å². The average molecular weight is 408 g/mol. The summed E-state index contributed by atoms with van der Waals surface area (Å²) < 4.78 is 40.2. The number of benzene rings is 1. The van der Waals surface area contributed by atoms with Crippen LogP contribution in [0.1, 0.15) is 12.5 Å². The minimum Gasteiger partial charge on any atom is -0.507 e. The number of phenolic OH excluding ortho intramolecular Hbond substituents is 1. The van der Waals surface area contributed by atoms with Crippen molar-refractivity contribution < 1.29 is 22.8 Å². The van der Waals surface area contributed by atoms with Gasteiger partial charge in [-0.3, -0.25) is 5.43 Å². The smallest absolute Gasteiger partial charge is 0.245 e. The lowest BCUT2D eigenvalue weighted by Crippen LogP contribution is -3.12. The number of nitrogens with one attached hydrogen (secondary N) is 2. The molecule has 1 fully saturated rings. The number of anilines is 1. The summed E-state index contributed by atoms with van der Waals surface area (Å²) in [5, 5.41) is 13.9. The summed E-state index contributed by atoms with van der Waals surface area (Å²) in [5.41, 5.74) is 3.30. The first-order valence-electron chi connectivity index (χ1n) is 8.84. The highest BCUT2D eigenvalue weighted by atomic mass is 32.2. The quantitative estimate of drug-likeness (QED) is 0.488. The van der Waals surface area contributed by atoms with Crippen LogP contribution >= 0.6 is 0 Å². The van der Waals surface area contributed by atoms with Crippen LogP contribution in [-0.4, -0.2) is 61.8 Å². The maximum atomic E-state index is 13.3. The van der Waals surface area contributed by atoms with E-state index < -0.39 is 15.8 Å². The van der Waals surface area contributed by atoms with Gasteiger partial charge in [0.05, 0.1) is 38.9 Å². The Morgan fingerprint density at radius 3 is 2.64 bits per heavy atom. The number of aromatic nitrogens is 1. The van der Waals surface area contributed by atoms with Crippen LogP contribution in [0, 0.1) is 5.82 Å². The molecule has 0 unspecified atom stereocenters. The SMILES string of the molecule is C/C(=N\Nc1ccc(S(=O)(=O)N2CC[NH+](C)CC2)cn1)c1cc(F)ccc1O. The molecule has 0 aliphatic carbocycles. The van der Waals surface area contributed by atoms with Crippen LogP contribution in [-0.2, 0) is 10.0 Å². The van der Waals surface area contributed by atoms with Crippen molar-refractivity contribution in [2.45, 2.75) is 11.8 Å². The number of hydrogen-bond acceptors (Lipinski definition) is 6. The lowest BCUT2D eigenvalue weighted by atomic mass is 10.1. The fourth-order valence-electron chi connectivity index (χ4n) is 2.86. The molecule has 2 heterocycles. The Labute approximate surface area is 163 Å². The Kier molecular flexibility index (Phi) is 5.92. The molecule has 2 aromatic rings. The van der Waals surface area contributed by atoms with Crippen molar-refractivity contribution in [3.05, 3.63) is 47.9 Å². The highest BCUT2D eigenvalue weighted by Gasteiger charge is 2.29. The Balaban J connectivity index is 1.71. The average Bonchev–Trinajstić information content (AvgIpc) is 2.68. The van der Waals surface area contributed by atoms with Crippen LogP contribution in [0.3, 0.4) is 0 Å². The van der Waals surface area contributed by atoms with Gasteiger partial charge in [0, 0.05) is 11.8 Å². The number of hydrazone groups is 1. The molecule has 0 bridgehead atoms. The molecule has 0 radical (unpaired) electrons. The molecule has 3 N–H and O–H groups in total. The van der Waals surface area contributed by atoms with E-state index in [1.807, 2.05) is 7.05 Å². The zero-order valence-corrected chi connectivity index (χ0v) is 16.5. The van der Waals surface area contributed by atoms with Gasteiger partial charge in [-0.15, -0.1) is 0 Å². The first-order valence-corrected chi connectivity index (χ1v) is 10.3. The fourth-order valence-corrected chi connectivity index (χ4v) is 4.24. The van der Waals surface area contributed by atoms with Gasteiger partial charge >= 0.3 is 0 Å². The third-order valence-corrected chi connectivity index (χ3v) is 6.52. The summed E-state index contributed by atoms with van der Waals surface area (Å²) in [5.74, 6) is -0.245. The molecular formula is C18H23FN5O3S+. The summed E-state index contributed by atoms with van der Waals surface area (Å²) in [6.07, 6.45) is 1.29. The Hall–Kier alpha value is -2.56. The van der Waals surface area contributed by atoms with Gasteiger partial charge in [-0.1, -0.05) is 0 Å². The number of sulfonamides is 1. The summed E-state index contributed by atoms with van der Waals surface area (Å²) >= 11 is 0. The summed E-state index contributed by atoms with van der Waals surface area (Å²) in [6.45, 7) is 4.11. The Bertz CT molecular complexity index is 971. The van der Waals surface area contributed by atoms with Crippen molar-refractivity contribution in [2.75, 3.05) is 38.7 Å². The largest absolute Gasteiger partial charge is 0.507 e. The molecule has 8 nitrogen and oxygen atoms in total. The molecule has 1 saturated heterocycles. The van der Waals surface area contributed by atoms with Gasteiger partial charge in [0.25, 0.3) is 0 Å². The second-order valence-electron chi connectivity index (χ2n) is 6.71. The van der Waals surface area contributed by atoms with Gasteiger partial charge in [0.15, 0.2) is 0 Å². The van der Waals surface area contributed by atoms with Crippen LogP contribution in [0.2, 0.25) is 0 Å². The minimum absolute atomic E-state index is 0.0899. The molecule has 0 amide bonds. The van der Waals surface area contributed by atoms with Gasteiger partial charge < -0.3 is 10.0 Å². The first kappa shape index (κ1) is 20.2. The lowest BCUT2D eigenvalue weighted by molar-refractivity contribution is -0.883. The van der Waals surface area contributed by atoms with E-state index in [1.54, 1.807) is 6.92 Å². The van der Waals surface area contributed by atoms with Crippen LogP contribution in [0.25, 0.3) is 0 Å². The second kappa shape index (κ2) is 8.21. The van der Waals surface area contributed by atoms with Crippen molar-refractivity contribution in [3.63, 3.8) is 0 Å². The van der Waals surface area contributed by atoms with E-state index >= 15 is 0 Å². The Morgan fingerprint density at radius 1 is 1.29 bits per heavy atom. The van der Waals surface area contributed by atoms with Crippen molar-refractivity contribution in [1.82, 2.24) is 9.29 Å². The number of aromatic hydroxyl groups is 1. The molecule has 0 saturated carbocycles. The molecular weight excluding hydrogens is 385 g/mol. The maximum Gasteiger partial charge on any atom is 0.245 e. The van der Waals surface area contributed by atoms with E-state index in [4.69, 9.17) is 0 Å². The highest BCUT2D eigenvalue weighted by molar-refractivity contribution is 7.89. The highest BCUT2D eigenvalue weighted by Crippen LogP contribution is 2.19. The molecule has 150 valence electrons. The number of hydrogen-bond donors (Lipinski definition) is 3. The van der Waals surface area contributed by atoms with Crippen molar-refractivity contribution in [1.29, 1.82) is 0 Å². The summed E-state index contributed by atoms with van der Waals surface area (Å²) in [4.78, 5) is 5.53. The van der Waals surface area contributed by atoms with E-state index in [2.05, 4.69) is 15.5 Å². The molecule has 1 aromatic carbocycles. The van der Waals surface area contributed by atoms with E-state index in [9.17, 15) is 17.9 Å². The molecule has 1 aromatic heterocycles.